The van der Waals surface area contributed by atoms with Gasteiger partial charge in [0.1, 0.15) is 0 Å². The molecule has 0 saturated carbocycles. The molecule has 2 saturated heterocycles. The Morgan fingerprint density at radius 2 is 2.15 bits per heavy atom. The quantitative estimate of drug-likeness (QED) is 0.835. The molecule has 6 nitrogen and oxygen atoms in total. The lowest BCUT2D eigenvalue weighted by atomic mass is 9.74. The van der Waals surface area contributed by atoms with Crippen LogP contribution in [0, 0.1) is 11.3 Å². The average Bonchev–Trinajstić information content (AvgIpc) is 3.00. The van der Waals surface area contributed by atoms with Gasteiger partial charge in [-0.3, -0.25) is 9.69 Å². The molecule has 2 fully saturated rings. The Labute approximate surface area is 155 Å². The van der Waals surface area contributed by atoms with Gasteiger partial charge in [0.2, 0.25) is 5.91 Å². The third-order valence-electron chi connectivity index (χ3n) is 5.83. The standard InChI is InChI=1S/C20H30N2O4/c1-4-26-18-6-5-16(9-19(18)25-3)10-21-11-17-7-8-22(15(2)24)13-20(17,12-21)14-23/h5-6,9,17,23H,4,7-8,10-14H2,1-3H3/t17-,20-/m1/s1. The number of carbonyl (C=O) groups is 1. The van der Waals surface area contributed by atoms with E-state index in [1.54, 1.807) is 14.0 Å². The zero-order valence-corrected chi connectivity index (χ0v) is 16.0. The number of rotatable bonds is 6. The van der Waals surface area contributed by atoms with Crippen LogP contribution in [-0.2, 0) is 11.3 Å². The molecule has 1 aromatic carbocycles. The van der Waals surface area contributed by atoms with E-state index in [0.29, 0.717) is 19.1 Å². The van der Waals surface area contributed by atoms with E-state index in [1.165, 1.54) is 5.56 Å². The Hall–Kier alpha value is -1.79. The van der Waals surface area contributed by atoms with Crippen molar-refractivity contribution in [3.8, 4) is 11.5 Å². The molecule has 0 aromatic heterocycles. The van der Waals surface area contributed by atoms with Gasteiger partial charge in [-0.2, -0.15) is 0 Å². The predicted molar refractivity (Wildman–Crippen MR) is 99.3 cm³/mol. The first-order valence-corrected chi connectivity index (χ1v) is 9.39. The molecule has 144 valence electrons. The molecular formula is C20H30N2O4. The second kappa shape index (κ2) is 7.84. The van der Waals surface area contributed by atoms with E-state index in [-0.39, 0.29) is 17.9 Å². The zero-order valence-electron chi connectivity index (χ0n) is 16.0. The number of nitrogens with zero attached hydrogens (tertiary/aromatic N) is 2. The summed E-state index contributed by atoms with van der Waals surface area (Å²) in [6.07, 6.45) is 0.962. The molecule has 1 aromatic rings. The molecule has 0 bridgehead atoms. The van der Waals surface area contributed by atoms with Gasteiger partial charge in [-0.25, -0.2) is 0 Å². The molecule has 1 N–H and O–H groups in total. The number of amides is 1. The van der Waals surface area contributed by atoms with Crippen LogP contribution in [0.25, 0.3) is 0 Å². The third-order valence-corrected chi connectivity index (χ3v) is 5.83. The fourth-order valence-corrected chi connectivity index (χ4v) is 4.45. The summed E-state index contributed by atoms with van der Waals surface area (Å²) in [6, 6.07) is 6.06. The minimum absolute atomic E-state index is 0.103. The van der Waals surface area contributed by atoms with Crippen LogP contribution in [0.4, 0.5) is 0 Å². The summed E-state index contributed by atoms with van der Waals surface area (Å²) in [6.45, 7) is 8.34. The van der Waals surface area contributed by atoms with Crippen LogP contribution >= 0.6 is 0 Å². The highest BCUT2D eigenvalue weighted by molar-refractivity contribution is 5.73. The highest BCUT2D eigenvalue weighted by Gasteiger charge is 2.49. The van der Waals surface area contributed by atoms with Crippen molar-refractivity contribution in [2.24, 2.45) is 11.3 Å². The van der Waals surface area contributed by atoms with Gasteiger partial charge < -0.3 is 19.5 Å². The molecule has 6 heteroatoms. The van der Waals surface area contributed by atoms with E-state index in [4.69, 9.17) is 9.47 Å². The van der Waals surface area contributed by atoms with E-state index in [1.807, 2.05) is 24.0 Å². The summed E-state index contributed by atoms with van der Waals surface area (Å²) >= 11 is 0. The number of fused-ring (bicyclic) bond motifs is 1. The smallest absolute Gasteiger partial charge is 0.219 e. The van der Waals surface area contributed by atoms with Crippen LogP contribution in [0.3, 0.4) is 0 Å². The minimum atomic E-state index is -0.195. The number of methoxy groups -OCH3 is 1. The van der Waals surface area contributed by atoms with Crippen molar-refractivity contribution >= 4 is 5.91 Å². The number of hydrogen-bond donors (Lipinski definition) is 1. The molecule has 0 radical (unpaired) electrons. The highest BCUT2D eigenvalue weighted by atomic mass is 16.5. The Morgan fingerprint density at radius 3 is 2.81 bits per heavy atom. The molecule has 1 amide bonds. The van der Waals surface area contributed by atoms with Crippen LogP contribution in [0.1, 0.15) is 25.8 Å². The molecule has 26 heavy (non-hydrogen) atoms. The molecule has 0 spiro atoms. The average molecular weight is 362 g/mol. The first kappa shape index (κ1) is 19.0. The van der Waals surface area contributed by atoms with Crippen molar-refractivity contribution < 1.29 is 19.4 Å². The summed E-state index contributed by atoms with van der Waals surface area (Å²) in [5.74, 6) is 2.05. The van der Waals surface area contributed by atoms with Crippen LogP contribution in [0.2, 0.25) is 0 Å². The lowest BCUT2D eigenvalue weighted by molar-refractivity contribution is -0.134. The Bertz CT molecular complexity index is 651. The number of benzene rings is 1. The number of hydrogen-bond acceptors (Lipinski definition) is 5. The maximum Gasteiger partial charge on any atom is 0.219 e. The van der Waals surface area contributed by atoms with Gasteiger partial charge in [0, 0.05) is 45.1 Å². The normalized spacial score (nSPS) is 25.8. The summed E-state index contributed by atoms with van der Waals surface area (Å²) in [5, 5.41) is 10.1. The number of aliphatic hydroxyl groups excluding tert-OH is 1. The Balaban J connectivity index is 1.71. The van der Waals surface area contributed by atoms with Crippen molar-refractivity contribution in [1.29, 1.82) is 0 Å². The van der Waals surface area contributed by atoms with Crippen molar-refractivity contribution in [1.82, 2.24) is 9.80 Å². The second-order valence-electron chi connectivity index (χ2n) is 7.53. The van der Waals surface area contributed by atoms with E-state index in [2.05, 4.69) is 11.0 Å². The number of likely N-dealkylation sites (tertiary alicyclic amines) is 2. The first-order valence-electron chi connectivity index (χ1n) is 9.39. The van der Waals surface area contributed by atoms with Gasteiger partial charge in [0.25, 0.3) is 0 Å². The van der Waals surface area contributed by atoms with Gasteiger partial charge in [-0.1, -0.05) is 6.07 Å². The molecule has 0 aliphatic carbocycles. The van der Waals surface area contributed by atoms with Crippen LogP contribution < -0.4 is 9.47 Å². The third kappa shape index (κ3) is 3.67. The maximum atomic E-state index is 11.8. The lowest BCUT2D eigenvalue weighted by Crippen LogP contribution is -2.52. The van der Waals surface area contributed by atoms with Gasteiger partial charge in [0.05, 0.1) is 20.3 Å². The molecule has 0 unspecified atom stereocenters. The largest absolute Gasteiger partial charge is 0.493 e. The van der Waals surface area contributed by atoms with E-state index in [0.717, 1.165) is 44.1 Å². The lowest BCUT2D eigenvalue weighted by Gasteiger charge is -2.42. The van der Waals surface area contributed by atoms with Gasteiger partial charge >= 0.3 is 0 Å². The Kier molecular flexibility index (Phi) is 5.73. The highest BCUT2D eigenvalue weighted by Crippen LogP contribution is 2.42. The SMILES string of the molecule is CCOc1ccc(CN2C[C@H]3CCN(C(C)=O)C[C@@]3(CO)C2)cc1OC. The van der Waals surface area contributed by atoms with E-state index >= 15 is 0 Å². The summed E-state index contributed by atoms with van der Waals surface area (Å²) in [7, 11) is 1.66. The second-order valence-corrected chi connectivity index (χ2v) is 7.53. The topological polar surface area (TPSA) is 62.2 Å². The van der Waals surface area contributed by atoms with Crippen LogP contribution in [0.15, 0.2) is 18.2 Å². The monoisotopic (exact) mass is 362 g/mol. The van der Waals surface area contributed by atoms with E-state index < -0.39 is 0 Å². The van der Waals surface area contributed by atoms with Crippen molar-refractivity contribution in [2.45, 2.75) is 26.8 Å². The van der Waals surface area contributed by atoms with Crippen molar-refractivity contribution in [3.05, 3.63) is 23.8 Å². The molecule has 3 rings (SSSR count). The number of piperidine rings is 1. The summed E-state index contributed by atoms with van der Waals surface area (Å²) < 4.78 is 11.0. The fourth-order valence-electron chi connectivity index (χ4n) is 4.45. The minimum Gasteiger partial charge on any atom is -0.493 e. The van der Waals surface area contributed by atoms with E-state index in [9.17, 15) is 9.90 Å². The summed E-state index contributed by atoms with van der Waals surface area (Å²) in [5.41, 5.74) is 0.972. The number of carbonyl (C=O) groups excluding carboxylic acids is 1. The molecule has 2 aliphatic heterocycles. The number of aliphatic hydroxyl groups is 1. The van der Waals surface area contributed by atoms with Gasteiger partial charge in [0.15, 0.2) is 11.5 Å². The molecule has 2 atom stereocenters. The zero-order chi connectivity index (χ0) is 18.7. The van der Waals surface area contributed by atoms with Crippen LogP contribution in [0.5, 0.6) is 11.5 Å². The number of ether oxygens (including phenoxy) is 2. The van der Waals surface area contributed by atoms with Crippen molar-refractivity contribution in [2.75, 3.05) is 46.5 Å². The summed E-state index contributed by atoms with van der Waals surface area (Å²) in [4.78, 5) is 16.1. The fraction of sp³-hybridized carbons (Fsp3) is 0.650. The predicted octanol–water partition coefficient (Wildman–Crippen LogP) is 1.76. The van der Waals surface area contributed by atoms with Crippen molar-refractivity contribution in [3.63, 3.8) is 0 Å². The van der Waals surface area contributed by atoms with Crippen LogP contribution in [-0.4, -0.2) is 67.3 Å². The molecule has 2 aliphatic rings. The molecular weight excluding hydrogens is 332 g/mol. The molecule has 2 heterocycles. The Morgan fingerprint density at radius 1 is 1.35 bits per heavy atom. The maximum absolute atomic E-state index is 11.8. The van der Waals surface area contributed by atoms with Gasteiger partial charge in [-0.05, 0) is 37.0 Å². The first-order chi connectivity index (χ1) is 12.5. The van der Waals surface area contributed by atoms with Gasteiger partial charge in [-0.15, -0.1) is 0 Å².